The van der Waals surface area contributed by atoms with E-state index < -0.39 is 5.91 Å². The van der Waals surface area contributed by atoms with Gasteiger partial charge in [-0.15, -0.1) is 0 Å². The van der Waals surface area contributed by atoms with Gasteiger partial charge in [-0.2, -0.15) is 10.2 Å². The van der Waals surface area contributed by atoms with E-state index in [1.54, 1.807) is 36.2 Å². The molecule has 0 unspecified atom stereocenters. The standard InChI is InChI=1S/C26H27N5O4/c1-15-5-9-21(16(2)11-15)31-25-19(13-27-31)24(17-6-7-17)29-30(26(25)33)14-23(32)28-20-12-18(34-3)8-10-22(20)35-4/h5,8-13,17H,6-7,14H2,1-4H3,(H,28,32). The maximum absolute atomic E-state index is 13.6. The number of benzene rings is 2. The van der Waals surface area contributed by atoms with Gasteiger partial charge in [0.15, 0.2) is 0 Å². The van der Waals surface area contributed by atoms with Crippen LogP contribution in [0.25, 0.3) is 16.6 Å². The third-order valence-corrected chi connectivity index (χ3v) is 6.23. The molecule has 1 aliphatic rings. The molecule has 1 aliphatic carbocycles. The number of ether oxygens (including phenoxy) is 2. The minimum absolute atomic E-state index is 0.243. The lowest BCUT2D eigenvalue weighted by Gasteiger charge is -2.13. The third kappa shape index (κ3) is 4.25. The summed E-state index contributed by atoms with van der Waals surface area (Å²) in [6, 6.07) is 11.1. The number of aryl methyl sites for hydroxylation is 2. The Balaban J connectivity index is 1.55. The van der Waals surface area contributed by atoms with Crippen LogP contribution in [0.3, 0.4) is 0 Å². The van der Waals surface area contributed by atoms with Crippen molar-refractivity contribution in [2.75, 3.05) is 19.5 Å². The predicted molar refractivity (Wildman–Crippen MR) is 133 cm³/mol. The van der Waals surface area contributed by atoms with Crippen molar-refractivity contribution in [1.82, 2.24) is 19.6 Å². The zero-order chi connectivity index (χ0) is 24.7. The second-order valence-corrected chi connectivity index (χ2v) is 8.85. The van der Waals surface area contributed by atoms with E-state index in [9.17, 15) is 9.59 Å². The molecular formula is C26H27N5O4. The van der Waals surface area contributed by atoms with Crippen molar-refractivity contribution >= 4 is 22.5 Å². The molecular weight excluding hydrogens is 446 g/mol. The molecule has 1 N–H and O–H groups in total. The van der Waals surface area contributed by atoms with Crippen molar-refractivity contribution in [3.8, 4) is 17.2 Å². The maximum atomic E-state index is 13.6. The summed E-state index contributed by atoms with van der Waals surface area (Å²) in [5.41, 5.74) is 4.29. The molecule has 0 saturated heterocycles. The van der Waals surface area contributed by atoms with Gasteiger partial charge in [-0.25, -0.2) is 9.36 Å². The first kappa shape index (κ1) is 22.6. The average Bonchev–Trinajstić information content (AvgIpc) is 3.59. The van der Waals surface area contributed by atoms with E-state index in [1.165, 1.54) is 11.8 Å². The quantitative estimate of drug-likeness (QED) is 0.439. The Labute approximate surface area is 202 Å². The first-order valence-corrected chi connectivity index (χ1v) is 11.5. The molecule has 9 heteroatoms. The molecule has 9 nitrogen and oxygen atoms in total. The zero-order valence-corrected chi connectivity index (χ0v) is 20.2. The second-order valence-electron chi connectivity index (χ2n) is 8.85. The molecule has 0 spiro atoms. The van der Waals surface area contributed by atoms with Crippen LogP contribution in [-0.4, -0.2) is 39.7 Å². The first-order valence-electron chi connectivity index (χ1n) is 11.5. The summed E-state index contributed by atoms with van der Waals surface area (Å²) in [4.78, 5) is 26.6. The highest BCUT2D eigenvalue weighted by Gasteiger charge is 2.30. The highest BCUT2D eigenvalue weighted by atomic mass is 16.5. The molecule has 0 atom stereocenters. The fraction of sp³-hybridized carbons (Fsp3) is 0.308. The molecule has 0 bridgehead atoms. The van der Waals surface area contributed by atoms with Crippen molar-refractivity contribution < 1.29 is 14.3 Å². The Bertz CT molecular complexity index is 1500. The highest BCUT2D eigenvalue weighted by Crippen LogP contribution is 2.41. The molecule has 2 aromatic carbocycles. The van der Waals surface area contributed by atoms with Crippen LogP contribution in [0.2, 0.25) is 0 Å². The van der Waals surface area contributed by atoms with Crippen LogP contribution in [0.15, 0.2) is 47.4 Å². The average molecular weight is 474 g/mol. The van der Waals surface area contributed by atoms with Crippen LogP contribution in [0.5, 0.6) is 11.5 Å². The number of anilines is 1. The smallest absolute Gasteiger partial charge is 0.293 e. The summed E-state index contributed by atoms with van der Waals surface area (Å²) in [6.45, 7) is 3.77. The number of amides is 1. The van der Waals surface area contributed by atoms with Gasteiger partial charge in [-0.1, -0.05) is 17.7 Å². The van der Waals surface area contributed by atoms with Crippen LogP contribution in [0, 0.1) is 13.8 Å². The van der Waals surface area contributed by atoms with Gasteiger partial charge in [-0.05, 0) is 50.5 Å². The Kier molecular flexibility index (Phi) is 5.76. The highest BCUT2D eigenvalue weighted by molar-refractivity contribution is 5.92. The van der Waals surface area contributed by atoms with E-state index in [2.05, 4.69) is 21.6 Å². The molecule has 180 valence electrons. The van der Waals surface area contributed by atoms with Gasteiger partial charge >= 0.3 is 0 Å². The number of aromatic nitrogens is 4. The van der Waals surface area contributed by atoms with Crippen LogP contribution in [0.1, 0.15) is 35.6 Å². The van der Waals surface area contributed by atoms with E-state index >= 15 is 0 Å². The molecule has 5 rings (SSSR count). The normalized spacial score (nSPS) is 13.1. The van der Waals surface area contributed by atoms with E-state index in [4.69, 9.17) is 9.47 Å². The lowest BCUT2D eigenvalue weighted by Crippen LogP contribution is -2.31. The summed E-state index contributed by atoms with van der Waals surface area (Å²) in [6.07, 6.45) is 3.71. The van der Waals surface area contributed by atoms with Gasteiger partial charge in [0, 0.05) is 17.4 Å². The van der Waals surface area contributed by atoms with Crippen molar-refractivity contribution in [2.24, 2.45) is 0 Å². The molecule has 4 aromatic rings. The number of hydrogen-bond acceptors (Lipinski definition) is 6. The minimum Gasteiger partial charge on any atom is -0.497 e. The monoisotopic (exact) mass is 473 g/mol. The zero-order valence-electron chi connectivity index (χ0n) is 20.2. The Morgan fingerprint density at radius 3 is 2.60 bits per heavy atom. The van der Waals surface area contributed by atoms with Crippen molar-refractivity contribution in [3.63, 3.8) is 0 Å². The number of nitrogens with one attached hydrogen (secondary N) is 1. The van der Waals surface area contributed by atoms with E-state index in [1.807, 2.05) is 26.0 Å². The molecule has 1 amide bonds. The van der Waals surface area contributed by atoms with Crippen molar-refractivity contribution in [2.45, 2.75) is 39.2 Å². The van der Waals surface area contributed by atoms with Crippen molar-refractivity contribution in [3.05, 3.63) is 69.8 Å². The SMILES string of the molecule is COc1ccc(OC)c(NC(=O)Cn2nc(C3CC3)c3cnn(-c4ccc(C)cc4C)c3c2=O)c1. The van der Waals surface area contributed by atoms with E-state index in [0.29, 0.717) is 22.7 Å². The lowest BCUT2D eigenvalue weighted by atomic mass is 10.1. The van der Waals surface area contributed by atoms with E-state index in [-0.39, 0.29) is 18.0 Å². The Morgan fingerprint density at radius 1 is 1.11 bits per heavy atom. The Hall–Kier alpha value is -4.14. The molecule has 2 heterocycles. The molecule has 1 fully saturated rings. The molecule has 0 radical (unpaired) electrons. The second kappa shape index (κ2) is 8.90. The number of carbonyl (C=O) groups is 1. The third-order valence-electron chi connectivity index (χ3n) is 6.23. The minimum atomic E-state index is -0.398. The van der Waals surface area contributed by atoms with Gasteiger partial charge in [0.25, 0.3) is 5.56 Å². The molecule has 35 heavy (non-hydrogen) atoms. The lowest BCUT2D eigenvalue weighted by molar-refractivity contribution is -0.117. The number of rotatable bonds is 7. The number of nitrogens with zero attached hydrogens (tertiary/aromatic N) is 4. The van der Waals surface area contributed by atoms with Crippen LogP contribution in [-0.2, 0) is 11.3 Å². The number of methoxy groups -OCH3 is 2. The van der Waals surface area contributed by atoms with Crippen LogP contribution < -0.4 is 20.3 Å². The fourth-order valence-corrected chi connectivity index (χ4v) is 4.32. The fourth-order valence-electron chi connectivity index (χ4n) is 4.32. The molecule has 2 aromatic heterocycles. The summed E-state index contributed by atoms with van der Waals surface area (Å²) in [5.74, 6) is 0.931. The van der Waals surface area contributed by atoms with E-state index in [0.717, 1.165) is 40.7 Å². The van der Waals surface area contributed by atoms with Crippen molar-refractivity contribution in [1.29, 1.82) is 0 Å². The van der Waals surface area contributed by atoms with Crippen LogP contribution >= 0.6 is 0 Å². The largest absolute Gasteiger partial charge is 0.497 e. The van der Waals surface area contributed by atoms with Gasteiger partial charge < -0.3 is 14.8 Å². The predicted octanol–water partition coefficient (Wildman–Crippen LogP) is 3.73. The Morgan fingerprint density at radius 2 is 1.91 bits per heavy atom. The maximum Gasteiger partial charge on any atom is 0.293 e. The van der Waals surface area contributed by atoms with Crippen LogP contribution in [0.4, 0.5) is 5.69 Å². The summed E-state index contributed by atoms with van der Waals surface area (Å²) < 4.78 is 13.5. The van der Waals surface area contributed by atoms with Gasteiger partial charge in [0.05, 0.1) is 37.5 Å². The number of hydrogen-bond donors (Lipinski definition) is 1. The number of carbonyl (C=O) groups excluding carboxylic acids is 1. The summed E-state index contributed by atoms with van der Waals surface area (Å²) in [7, 11) is 3.07. The molecule has 0 aliphatic heterocycles. The first-order chi connectivity index (χ1) is 16.9. The topological polar surface area (TPSA) is 100 Å². The van der Waals surface area contributed by atoms with Gasteiger partial charge in [0.1, 0.15) is 23.6 Å². The van der Waals surface area contributed by atoms with Gasteiger partial charge in [-0.3, -0.25) is 9.59 Å². The summed E-state index contributed by atoms with van der Waals surface area (Å²) >= 11 is 0. The molecule has 1 saturated carbocycles. The van der Waals surface area contributed by atoms with Gasteiger partial charge in [0.2, 0.25) is 5.91 Å². The number of fused-ring (bicyclic) bond motifs is 1. The summed E-state index contributed by atoms with van der Waals surface area (Å²) in [5, 5.41) is 12.7.